The van der Waals surface area contributed by atoms with Crippen LogP contribution in [0.5, 0.6) is 0 Å². The van der Waals surface area contributed by atoms with E-state index in [1.165, 1.54) is 7.05 Å². The number of hydrogen-bond donors (Lipinski definition) is 3. The summed E-state index contributed by atoms with van der Waals surface area (Å²) < 4.78 is 0. The molecule has 0 saturated carbocycles. The van der Waals surface area contributed by atoms with Crippen LogP contribution >= 0.6 is 0 Å². The van der Waals surface area contributed by atoms with Gasteiger partial charge in [0.25, 0.3) is 0 Å². The van der Waals surface area contributed by atoms with Crippen molar-refractivity contribution >= 4 is 17.8 Å². The second-order valence-corrected chi connectivity index (χ2v) is 2.84. The van der Waals surface area contributed by atoms with Gasteiger partial charge in [0.05, 0.1) is 5.92 Å². The summed E-state index contributed by atoms with van der Waals surface area (Å²) in [7, 11) is 1.40. The van der Waals surface area contributed by atoms with Gasteiger partial charge in [0.1, 0.15) is 0 Å². The summed E-state index contributed by atoms with van der Waals surface area (Å²) in [6.45, 7) is 0. The molecule has 6 heteroatoms. The van der Waals surface area contributed by atoms with Crippen molar-refractivity contribution in [3.8, 4) is 0 Å². The molecule has 0 aromatic carbocycles. The van der Waals surface area contributed by atoms with E-state index in [9.17, 15) is 14.4 Å². The highest BCUT2D eigenvalue weighted by molar-refractivity contribution is 5.82. The minimum Gasteiger partial charge on any atom is -0.481 e. The minimum absolute atomic E-state index is 0.0297. The third-order valence-corrected chi connectivity index (χ3v) is 1.77. The molecule has 0 saturated heterocycles. The van der Waals surface area contributed by atoms with E-state index in [0.29, 0.717) is 0 Å². The van der Waals surface area contributed by atoms with E-state index < -0.39 is 23.8 Å². The van der Waals surface area contributed by atoms with Crippen LogP contribution in [0.4, 0.5) is 0 Å². The van der Waals surface area contributed by atoms with Crippen molar-refractivity contribution in [3.63, 3.8) is 0 Å². The summed E-state index contributed by atoms with van der Waals surface area (Å²) in [5.74, 6) is -3.53. The normalized spacial score (nSPS) is 11.8. The number of carbonyl (C=O) groups is 3. The number of carboxylic acids is 2. The van der Waals surface area contributed by atoms with Crippen molar-refractivity contribution in [2.75, 3.05) is 7.05 Å². The molecule has 0 spiro atoms. The zero-order valence-electron chi connectivity index (χ0n) is 7.82. The molecule has 0 bridgehead atoms. The monoisotopic (exact) mass is 203 g/mol. The Kier molecular flexibility index (Phi) is 5.28. The quantitative estimate of drug-likeness (QED) is 0.549. The Morgan fingerprint density at radius 3 is 2.21 bits per heavy atom. The molecular formula is C8H13NO5. The number of carbonyl (C=O) groups excluding carboxylic acids is 1. The van der Waals surface area contributed by atoms with Crippen LogP contribution in [-0.2, 0) is 14.4 Å². The van der Waals surface area contributed by atoms with Gasteiger partial charge in [-0.1, -0.05) is 0 Å². The molecule has 0 aliphatic carbocycles. The molecule has 0 radical (unpaired) electrons. The lowest BCUT2D eigenvalue weighted by Gasteiger charge is -2.09. The zero-order chi connectivity index (χ0) is 11.1. The Morgan fingerprint density at radius 2 is 1.86 bits per heavy atom. The summed E-state index contributed by atoms with van der Waals surface area (Å²) in [4.78, 5) is 31.6. The fourth-order valence-corrected chi connectivity index (χ4v) is 0.936. The average molecular weight is 203 g/mol. The summed E-state index contributed by atoms with van der Waals surface area (Å²) >= 11 is 0. The molecule has 0 aliphatic rings. The van der Waals surface area contributed by atoms with Gasteiger partial charge in [0, 0.05) is 19.9 Å². The van der Waals surface area contributed by atoms with Crippen LogP contribution in [0.1, 0.15) is 19.3 Å². The summed E-state index contributed by atoms with van der Waals surface area (Å²) in [5, 5.41) is 19.3. The van der Waals surface area contributed by atoms with E-state index in [-0.39, 0.29) is 19.3 Å². The molecule has 0 fully saturated rings. The third-order valence-electron chi connectivity index (χ3n) is 1.77. The number of aliphatic carboxylic acids is 2. The highest BCUT2D eigenvalue weighted by Gasteiger charge is 2.21. The first-order valence-electron chi connectivity index (χ1n) is 4.12. The fraction of sp³-hybridized carbons (Fsp3) is 0.625. The number of amides is 1. The van der Waals surface area contributed by atoms with Crippen molar-refractivity contribution in [1.29, 1.82) is 0 Å². The second-order valence-electron chi connectivity index (χ2n) is 2.84. The van der Waals surface area contributed by atoms with Gasteiger partial charge in [-0.15, -0.1) is 0 Å². The maximum atomic E-state index is 10.8. The van der Waals surface area contributed by atoms with Gasteiger partial charge in [0.15, 0.2) is 0 Å². The van der Waals surface area contributed by atoms with Crippen molar-refractivity contribution in [2.45, 2.75) is 19.3 Å². The van der Waals surface area contributed by atoms with Crippen molar-refractivity contribution < 1.29 is 24.6 Å². The van der Waals surface area contributed by atoms with Crippen LogP contribution in [0, 0.1) is 5.92 Å². The molecule has 0 aromatic heterocycles. The van der Waals surface area contributed by atoms with Crippen LogP contribution in [0.3, 0.4) is 0 Å². The number of nitrogens with one attached hydrogen (secondary N) is 1. The minimum atomic E-state index is -1.14. The molecule has 1 unspecified atom stereocenters. The Morgan fingerprint density at radius 1 is 1.29 bits per heavy atom. The van der Waals surface area contributed by atoms with E-state index >= 15 is 0 Å². The molecular weight excluding hydrogens is 190 g/mol. The summed E-state index contributed by atoms with van der Waals surface area (Å²) in [6.07, 6.45) is -0.453. The molecule has 0 heterocycles. The Bertz CT molecular complexity index is 238. The van der Waals surface area contributed by atoms with Gasteiger partial charge >= 0.3 is 11.9 Å². The van der Waals surface area contributed by atoms with Crippen LogP contribution in [0.25, 0.3) is 0 Å². The Hall–Kier alpha value is -1.59. The van der Waals surface area contributed by atoms with Gasteiger partial charge in [-0.3, -0.25) is 14.4 Å². The largest absolute Gasteiger partial charge is 0.481 e. The predicted molar refractivity (Wildman–Crippen MR) is 46.7 cm³/mol. The molecule has 0 aromatic rings. The van der Waals surface area contributed by atoms with Crippen molar-refractivity contribution in [3.05, 3.63) is 0 Å². The summed E-state index contributed by atoms with van der Waals surface area (Å²) in [5.41, 5.74) is 0. The summed E-state index contributed by atoms with van der Waals surface area (Å²) in [6, 6.07) is 0. The standard InChI is InChI=1S/C8H13NO5/c1-9-6(10)4-5(8(13)14)2-3-7(11)12/h5H,2-4H2,1H3,(H,9,10)(H,11,12)(H,13,14). The van der Waals surface area contributed by atoms with E-state index in [1.54, 1.807) is 0 Å². The lowest BCUT2D eigenvalue weighted by Crippen LogP contribution is -2.25. The van der Waals surface area contributed by atoms with Gasteiger partial charge in [-0.05, 0) is 6.42 Å². The highest BCUT2D eigenvalue weighted by atomic mass is 16.4. The molecule has 14 heavy (non-hydrogen) atoms. The zero-order valence-corrected chi connectivity index (χ0v) is 7.82. The Labute approximate surface area is 80.9 Å². The van der Waals surface area contributed by atoms with Crippen LogP contribution in [0.15, 0.2) is 0 Å². The number of carboxylic acid groups (broad SMARTS) is 2. The van der Waals surface area contributed by atoms with Gasteiger partial charge in [-0.2, -0.15) is 0 Å². The van der Waals surface area contributed by atoms with E-state index in [4.69, 9.17) is 10.2 Å². The highest BCUT2D eigenvalue weighted by Crippen LogP contribution is 2.11. The molecule has 1 atom stereocenters. The average Bonchev–Trinajstić information content (AvgIpc) is 2.10. The third kappa shape index (κ3) is 5.13. The maximum Gasteiger partial charge on any atom is 0.307 e. The van der Waals surface area contributed by atoms with Crippen molar-refractivity contribution in [2.24, 2.45) is 5.92 Å². The van der Waals surface area contributed by atoms with Crippen LogP contribution < -0.4 is 5.32 Å². The number of hydrogen-bond acceptors (Lipinski definition) is 3. The molecule has 80 valence electrons. The number of rotatable bonds is 6. The molecule has 1 amide bonds. The van der Waals surface area contributed by atoms with Crippen molar-refractivity contribution in [1.82, 2.24) is 5.32 Å². The van der Waals surface area contributed by atoms with Crippen LogP contribution in [-0.4, -0.2) is 35.1 Å². The van der Waals surface area contributed by atoms with E-state index in [2.05, 4.69) is 5.32 Å². The maximum absolute atomic E-state index is 10.8. The topological polar surface area (TPSA) is 104 Å². The first kappa shape index (κ1) is 12.4. The van der Waals surface area contributed by atoms with Gasteiger partial charge in [0.2, 0.25) is 5.91 Å². The SMILES string of the molecule is CNC(=O)CC(CCC(=O)O)C(=O)O. The smallest absolute Gasteiger partial charge is 0.307 e. The van der Waals surface area contributed by atoms with E-state index in [0.717, 1.165) is 0 Å². The molecule has 6 nitrogen and oxygen atoms in total. The second kappa shape index (κ2) is 5.95. The van der Waals surface area contributed by atoms with Gasteiger partial charge < -0.3 is 15.5 Å². The lowest BCUT2D eigenvalue weighted by molar-refractivity contribution is -0.145. The molecule has 0 rings (SSSR count). The van der Waals surface area contributed by atoms with Gasteiger partial charge in [-0.25, -0.2) is 0 Å². The predicted octanol–water partition coefficient (Wildman–Crippen LogP) is -0.312. The van der Waals surface area contributed by atoms with Crippen LogP contribution in [0.2, 0.25) is 0 Å². The molecule has 3 N–H and O–H groups in total. The van der Waals surface area contributed by atoms with E-state index in [1.807, 2.05) is 0 Å². The first-order valence-corrected chi connectivity index (χ1v) is 4.12. The molecule has 0 aliphatic heterocycles. The Balaban J connectivity index is 4.09. The lowest BCUT2D eigenvalue weighted by atomic mass is 9.99. The first-order chi connectivity index (χ1) is 6.47. The fourth-order valence-electron chi connectivity index (χ4n) is 0.936.